The van der Waals surface area contributed by atoms with Gasteiger partial charge in [0, 0.05) is 0 Å². The van der Waals surface area contributed by atoms with Crippen molar-refractivity contribution in [3.8, 4) is 0 Å². The van der Waals surface area contributed by atoms with E-state index in [1.807, 2.05) is 0 Å². The first kappa shape index (κ1) is 6.69. The highest BCUT2D eigenvalue weighted by molar-refractivity contribution is 4.92. The van der Waals surface area contributed by atoms with Gasteiger partial charge in [0.05, 0.1) is 0 Å². The highest BCUT2D eigenvalue weighted by Gasteiger charge is 2.42. The van der Waals surface area contributed by atoms with Crippen LogP contribution < -0.4 is 0 Å². The third-order valence-electron chi connectivity index (χ3n) is 3.92. The van der Waals surface area contributed by atoms with E-state index in [9.17, 15) is 0 Å². The molecule has 0 aromatic rings. The van der Waals surface area contributed by atoms with Gasteiger partial charge in [-0.25, -0.2) is 0 Å². The molecule has 3 aliphatic carbocycles. The van der Waals surface area contributed by atoms with Gasteiger partial charge in [0.2, 0.25) is 0 Å². The first-order valence-corrected chi connectivity index (χ1v) is 4.81. The monoisotopic (exact) mass is 138 g/mol. The Bertz CT molecular complexity index is 122. The predicted molar refractivity (Wildman–Crippen MR) is 43.8 cm³/mol. The van der Waals surface area contributed by atoms with Crippen molar-refractivity contribution in [2.24, 2.45) is 23.7 Å². The van der Waals surface area contributed by atoms with Crippen LogP contribution in [0.4, 0.5) is 0 Å². The lowest BCUT2D eigenvalue weighted by Gasteiger charge is -2.50. The van der Waals surface area contributed by atoms with E-state index in [0.717, 1.165) is 23.7 Å². The Kier molecular flexibility index (Phi) is 1.51. The van der Waals surface area contributed by atoms with Crippen LogP contribution in [-0.4, -0.2) is 0 Å². The molecule has 2 bridgehead atoms. The molecular weight excluding hydrogens is 120 g/mol. The average molecular weight is 138 g/mol. The van der Waals surface area contributed by atoms with Crippen molar-refractivity contribution >= 4 is 0 Å². The summed E-state index contributed by atoms with van der Waals surface area (Å²) in [5.74, 6) is 4.40. The maximum atomic E-state index is 2.47. The van der Waals surface area contributed by atoms with Crippen molar-refractivity contribution in [2.45, 2.75) is 39.5 Å². The van der Waals surface area contributed by atoms with Crippen LogP contribution in [0.2, 0.25) is 0 Å². The van der Waals surface area contributed by atoms with E-state index < -0.39 is 0 Å². The Hall–Kier alpha value is 0. The Morgan fingerprint density at radius 2 is 1.90 bits per heavy atom. The van der Waals surface area contributed by atoms with Gasteiger partial charge in [0.25, 0.3) is 0 Å². The summed E-state index contributed by atoms with van der Waals surface area (Å²) in [5, 5.41) is 0. The topological polar surface area (TPSA) is 0 Å². The summed E-state index contributed by atoms with van der Waals surface area (Å²) in [6, 6.07) is 0. The lowest BCUT2D eigenvalue weighted by Crippen LogP contribution is -2.40. The Morgan fingerprint density at radius 3 is 2.30 bits per heavy atom. The molecule has 2 unspecified atom stereocenters. The van der Waals surface area contributed by atoms with Crippen LogP contribution >= 0.6 is 0 Å². The molecule has 0 spiro atoms. The molecule has 0 heteroatoms. The normalized spacial score (nSPS) is 52.2. The number of fused-ring (bicyclic) bond motifs is 2. The highest BCUT2D eigenvalue weighted by Crippen LogP contribution is 2.52. The van der Waals surface area contributed by atoms with E-state index in [1.165, 1.54) is 6.42 Å². The molecule has 3 aliphatic rings. The molecule has 10 heavy (non-hydrogen) atoms. The second kappa shape index (κ2) is 2.25. The van der Waals surface area contributed by atoms with Crippen molar-refractivity contribution in [3.05, 3.63) is 0 Å². The van der Waals surface area contributed by atoms with Crippen LogP contribution in [0.1, 0.15) is 39.5 Å². The number of hydrogen-bond donors (Lipinski definition) is 0. The molecule has 0 N–H and O–H groups in total. The van der Waals surface area contributed by atoms with E-state index >= 15 is 0 Å². The third kappa shape index (κ3) is 0.810. The zero-order valence-corrected chi connectivity index (χ0v) is 7.14. The van der Waals surface area contributed by atoms with Gasteiger partial charge in [-0.15, -0.1) is 0 Å². The maximum absolute atomic E-state index is 2.47. The van der Waals surface area contributed by atoms with E-state index in [0.29, 0.717) is 0 Å². The van der Waals surface area contributed by atoms with Crippen LogP contribution in [0.25, 0.3) is 0 Å². The van der Waals surface area contributed by atoms with Gasteiger partial charge in [-0.3, -0.25) is 0 Å². The van der Waals surface area contributed by atoms with Crippen LogP contribution in [0.15, 0.2) is 0 Å². The zero-order valence-electron chi connectivity index (χ0n) is 7.14. The predicted octanol–water partition coefficient (Wildman–Crippen LogP) is 3.08. The van der Waals surface area contributed by atoms with Gasteiger partial charge < -0.3 is 0 Å². The summed E-state index contributed by atoms with van der Waals surface area (Å²) in [7, 11) is 0. The quantitative estimate of drug-likeness (QED) is 0.522. The first-order valence-electron chi connectivity index (χ1n) is 4.81. The lowest BCUT2D eigenvalue weighted by molar-refractivity contribution is 0.00608. The molecule has 2 atom stereocenters. The molecule has 0 nitrogen and oxygen atoms in total. The van der Waals surface area contributed by atoms with Crippen molar-refractivity contribution in [2.75, 3.05) is 0 Å². The summed E-state index contributed by atoms with van der Waals surface area (Å²) in [4.78, 5) is 0. The van der Waals surface area contributed by atoms with Gasteiger partial charge in [-0.1, -0.05) is 20.3 Å². The van der Waals surface area contributed by atoms with Crippen LogP contribution in [-0.2, 0) is 0 Å². The summed E-state index contributed by atoms with van der Waals surface area (Å²) in [5.41, 5.74) is 0. The summed E-state index contributed by atoms with van der Waals surface area (Å²) >= 11 is 0. The molecule has 0 heterocycles. The van der Waals surface area contributed by atoms with Crippen LogP contribution in [0.3, 0.4) is 0 Å². The third-order valence-corrected chi connectivity index (χ3v) is 3.92. The standard InChI is InChI=1S/C10H18/c1-3-9-4-8-5-10(6-8)7(9)2/h7-10H,3-6H2,1-2H3. The molecule has 0 aromatic carbocycles. The van der Waals surface area contributed by atoms with E-state index in [1.54, 1.807) is 19.3 Å². The van der Waals surface area contributed by atoms with E-state index in [2.05, 4.69) is 13.8 Å². The molecular formula is C10H18. The van der Waals surface area contributed by atoms with E-state index in [-0.39, 0.29) is 0 Å². The SMILES string of the molecule is CCC1CC2CC(C2)C1C. The fourth-order valence-corrected chi connectivity index (χ4v) is 2.98. The van der Waals surface area contributed by atoms with Crippen LogP contribution in [0, 0.1) is 23.7 Å². The molecule has 0 amide bonds. The summed E-state index contributed by atoms with van der Waals surface area (Å²) in [6.07, 6.45) is 6.11. The molecule has 3 saturated carbocycles. The second-order valence-corrected chi connectivity index (χ2v) is 4.36. The highest BCUT2D eigenvalue weighted by atomic mass is 14.5. The molecule has 3 rings (SSSR count). The first-order chi connectivity index (χ1) is 4.81. The van der Waals surface area contributed by atoms with Gasteiger partial charge in [-0.05, 0) is 42.9 Å². The lowest BCUT2D eigenvalue weighted by atomic mass is 9.56. The van der Waals surface area contributed by atoms with Gasteiger partial charge in [0.1, 0.15) is 0 Å². The van der Waals surface area contributed by atoms with Gasteiger partial charge in [0.15, 0.2) is 0 Å². The molecule has 0 aliphatic heterocycles. The van der Waals surface area contributed by atoms with Gasteiger partial charge in [-0.2, -0.15) is 0 Å². The Morgan fingerprint density at radius 1 is 1.20 bits per heavy atom. The van der Waals surface area contributed by atoms with Crippen molar-refractivity contribution in [3.63, 3.8) is 0 Å². The molecule has 0 saturated heterocycles. The largest absolute Gasteiger partial charge is 0.0651 e. The fourth-order valence-electron chi connectivity index (χ4n) is 2.98. The minimum absolute atomic E-state index is 1.05. The molecule has 0 aromatic heterocycles. The second-order valence-electron chi connectivity index (χ2n) is 4.36. The van der Waals surface area contributed by atoms with Gasteiger partial charge >= 0.3 is 0 Å². The molecule has 58 valence electrons. The van der Waals surface area contributed by atoms with Crippen molar-refractivity contribution < 1.29 is 0 Å². The zero-order chi connectivity index (χ0) is 7.14. The molecule has 0 radical (unpaired) electrons. The summed E-state index contributed by atoms with van der Waals surface area (Å²) in [6.45, 7) is 4.82. The van der Waals surface area contributed by atoms with E-state index in [4.69, 9.17) is 0 Å². The minimum atomic E-state index is 1.05. The van der Waals surface area contributed by atoms with Crippen molar-refractivity contribution in [1.82, 2.24) is 0 Å². The maximum Gasteiger partial charge on any atom is -0.0381 e. The van der Waals surface area contributed by atoms with Crippen molar-refractivity contribution in [1.29, 1.82) is 0 Å². The molecule has 3 fully saturated rings. The smallest absolute Gasteiger partial charge is 0.0381 e. The average Bonchev–Trinajstić information content (AvgIpc) is 1.85. The Labute approximate surface area is 64.0 Å². The fraction of sp³-hybridized carbons (Fsp3) is 1.00. The minimum Gasteiger partial charge on any atom is -0.0651 e. The number of hydrogen-bond acceptors (Lipinski definition) is 0. The number of rotatable bonds is 1. The van der Waals surface area contributed by atoms with Crippen LogP contribution in [0.5, 0.6) is 0 Å². The Balaban J connectivity index is 1.99. The summed E-state index contributed by atoms with van der Waals surface area (Å²) < 4.78 is 0.